The normalized spacial score (nSPS) is 14.0. The summed E-state index contributed by atoms with van der Waals surface area (Å²) in [6, 6.07) is 13.6. The molecule has 1 heterocycles. The van der Waals surface area contributed by atoms with Gasteiger partial charge in [0.25, 0.3) is 5.91 Å². The van der Waals surface area contributed by atoms with Crippen molar-refractivity contribution in [3.8, 4) is 5.75 Å². The molecule has 0 bridgehead atoms. The summed E-state index contributed by atoms with van der Waals surface area (Å²) in [6.07, 6.45) is 0. The second-order valence-electron chi connectivity index (χ2n) is 7.13. The number of hydrogen-bond acceptors (Lipinski definition) is 4. The van der Waals surface area contributed by atoms with Gasteiger partial charge in [-0.3, -0.25) is 9.59 Å². The van der Waals surface area contributed by atoms with E-state index in [0.29, 0.717) is 18.7 Å². The molecule has 0 radical (unpaired) electrons. The van der Waals surface area contributed by atoms with E-state index in [0.717, 1.165) is 35.7 Å². The van der Waals surface area contributed by atoms with Gasteiger partial charge in [-0.15, -0.1) is 0 Å². The number of piperazine rings is 1. The highest BCUT2D eigenvalue weighted by Gasteiger charge is 2.22. The zero-order valence-corrected chi connectivity index (χ0v) is 16.7. The summed E-state index contributed by atoms with van der Waals surface area (Å²) in [4.78, 5) is 28.9. The highest BCUT2D eigenvalue weighted by Crippen LogP contribution is 2.22. The van der Waals surface area contributed by atoms with Crippen LogP contribution in [0.4, 0.5) is 5.69 Å². The third-order valence-electron chi connectivity index (χ3n) is 4.93. The van der Waals surface area contributed by atoms with Crippen LogP contribution in [0.15, 0.2) is 42.5 Å². The number of carbonyl (C=O) groups is 2. The molecule has 2 aromatic rings. The topological polar surface area (TPSA) is 61.9 Å². The lowest BCUT2D eigenvalue weighted by molar-refractivity contribution is -0.130. The van der Waals surface area contributed by atoms with Gasteiger partial charge in [0.05, 0.1) is 13.7 Å². The number of amides is 2. The monoisotopic (exact) mass is 381 g/mol. The van der Waals surface area contributed by atoms with E-state index in [9.17, 15) is 9.59 Å². The standard InChI is InChI=1S/C22H27N3O3/c1-16-11-17(2)13-18(12-16)22(27)23-15-21(26)25-9-7-24(8-10-25)19-5-4-6-20(14-19)28-3/h4-6,11-14H,7-10,15H2,1-3H3,(H,23,27). The second kappa shape index (κ2) is 8.78. The second-order valence-corrected chi connectivity index (χ2v) is 7.13. The largest absolute Gasteiger partial charge is 0.497 e. The molecule has 28 heavy (non-hydrogen) atoms. The minimum Gasteiger partial charge on any atom is -0.497 e. The summed E-state index contributed by atoms with van der Waals surface area (Å²) in [6.45, 7) is 6.71. The van der Waals surface area contributed by atoms with Crippen LogP contribution in [0, 0.1) is 13.8 Å². The number of nitrogens with one attached hydrogen (secondary N) is 1. The molecule has 1 aliphatic heterocycles. The number of methoxy groups -OCH3 is 1. The van der Waals surface area contributed by atoms with Crippen LogP contribution in [0.3, 0.4) is 0 Å². The predicted octanol–water partition coefficient (Wildman–Crippen LogP) is 2.39. The first-order valence-electron chi connectivity index (χ1n) is 9.49. The maximum atomic E-state index is 12.5. The number of anilines is 1. The first-order valence-corrected chi connectivity index (χ1v) is 9.49. The molecule has 6 heteroatoms. The third kappa shape index (κ3) is 4.82. The molecule has 0 spiro atoms. The maximum Gasteiger partial charge on any atom is 0.251 e. The lowest BCUT2D eigenvalue weighted by Gasteiger charge is -2.36. The summed E-state index contributed by atoms with van der Waals surface area (Å²) >= 11 is 0. The summed E-state index contributed by atoms with van der Waals surface area (Å²) in [7, 11) is 1.65. The van der Waals surface area contributed by atoms with E-state index in [1.165, 1.54) is 0 Å². The molecule has 0 aliphatic carbocycles. The summed E-state index contributed by atoms with van der Waals surface area (Å²) < 4.78 is 5.28. The van der Waals surface area contributed by atoms with E-state index in [4.69, 9.17) is 4.74 Å². The van der Waals surface area contributed by atoms with Crippen molar-refractivity contribution in [1.29, 1.82) is 0 Å². The summed E-state index contributed by atoms with van der Waals surface area (Å²) in [5.74, 6) is 0.559. The summed E-state index contributed by atoms with van der Waals surface area (Å²) in [5.41, 5.74) is 3.75. The zero-order chi connectivity index (χ0) is 20.1. The van der Waals surface area contributed by atoms with Gasteiger partial charge in [0.15, 0.2) is 0 Å². The molecule has 6 nitrogen and oxygen atoms in total. The smallest absolute Gasteiger partial charge is 0.251 e. The zero-order valence-electron chi connectivity index (χ0n) is 16.7. The Morgan fingerprint density at radius 1 is 1.00 bits per heavy atom. The Labute approximate surface area is 166 Å². The van der Waals surface area contributed by atoms with Gasteiger partial charge in [-0.2, -0.15) is 0 Å². The summed E-state index contributed by atoms with van der Waals surface area (Å²) in [5, 5.41) is 2.75. The number of aryl methyl sites for hydroxylation is 2. The quantitative estimate of drug-likeness (QED) is 0.864. The molecule has 2 amide bonds. The number of benzene rings is 2. The Morgan fingerprint density at radius 3 is 2.32 bits per heavy atom. The van der Waals surface area contributed by atoms with Crippen LogP contribution in [0.1, 0.15) is 21.5 Å². The highest BCUT2D eigenvalue weighted by atomic mass is 16.5. The van der Waals surface area contributed by atoms with Crippen LogP contribution in [0.5, 0.6) is 5.75 Å². The predicted molar refractivity (Wildman–Crippen MR) is 110 cm³/mol. The Morgan fingerprint density at radius 2 is 1.68 bits per heavy atom. The van der Waals surface area contributed by atoms with E-state index >= 15 is 0 Å². The number of carbonyl (C=O) groups excluding carboxylic acids is 2. The molecule has 1 aliphatic rings. The van der Waals surface area contributed by atoms with Crippen molar-refractivity contribution >= 4 is 17.5 Å². The van der Waals surface area contributed by atoms with Gasteiger partial charge in [0.1, 0.15) is 5.75 Å². The van der Waals surface area contributed by atoms with Crippen molar-refractivity contribution in [2.45, 2.75) is 13.8 Å². The fraction of sp³-hybridized carbons (Fsp3) is 0.364. The molecule has 1 fully saturated rings. The molecule has 3 rings (SSSR count). The van der Waals surface area contributed by atoms with E-state index in [1.54, 1.807) is 12.0 Å². The van der Waals surface area contributed by atoms with Crippen LogP contribution in [-0.2, 0) is 4.79 Å². The fourth-order valence-corrected chi connectivity index (χ4v) is 3.50. The van der Waals surface area contributed by atoms with Gasteiger partial charge in [-0.25, -0.2) is 0 Å². The van der Waals surface area contributed by atoms with Gasteiger partial charge in [0.2, 0.25) is 5.91 Å². The van der Waals surface area contributed by atoms with Gasteiger partial charge in [0, 0.05) is 43.5 Å². The Balaban J connectivity index is 1.50. The lowest BCUT2D eigenvalue weighted by Crippen LogP contribution is -2.51. The third-order valence-corrected chi connectivity index (χ3v) is 4.93. The van der Waals surface area contributed by atoms with Crippen molar-refractivity contribution in [3.63, 3.8) is 0 Å². The molecule has 2 aromatic carbocycles. The van der Waals surface area contributed by atoms with Crippen LogP contribution >= 0.6 is 0 Å². The molecular formula is C22H27N3O3. The molecule has 1 N–H and O–H groups in total. The minimum absolute atomic E-state index is 0.0188. The average molecular weight is 381 g/mol. The molecule has 1 saturated heterocycles. The number of ether oxygens (including phenoxy) is 1. The van der Waals surface area contributed by atoms with Gasteiger partial charge < -0.3 is 19.9 Å². The first-order chi connectivity index (χ1) is 13.5. The average Bonchev–Trinajstić information content (AvgIpc) is 2.71. The Hall–Kier alpha value is -3.02. The Bertz CT molecular complexity index is 838. The minimum atomic E-state index is -0.213. The molecule has 0 aromatic heterocycles. The van der Waals surface area contributed by atoms with Crippen molar-refractivity contribution in [2.75, 3.05) is 44.7 Å². The van der Waals surface area contributed by atoms with Gasteiger partial charge in [-0.05, 0) is 38.1 Å². The van der Waals surface area contributed by atoms with E-state index < -0.39 is 0 Å². The van der Waals surface area contributed by atoms with Crippen LogP contribution in [0.25, 0.3) is 0 Å². The van der Waals surface area contributed by atoms with Crippen molar-refractivity contribution in [2.24, 2.45) is 0 Å². The van der Waals surface area contributed by atoms with Crippen LogP contribution in [-0.4, -0.2) is 56.5 Å². The van der Waals surface area contributed by atoms with E-state index in [2.05, 4.69) is 10.2 Å². The molecule has 0 unspecified atom stereocenters. The maximum absolute atomic E-state index is 12.5. The van der Waals surface area contributed by atoms with Gasteiger partial charge in [-0.1, -0.05) is 23.3 Å². The fourth-order valence-electron chi connectivity index (χ4n) is 3.50. The van der Waals surface area contributed by atoms with Crippen molar-refractivity contribution in [1.82, 2.24) is 10.2 Å². The Kier molecular flexibility index (Phi) is 6.19. The number of hydrogen-bond donors (Lipinski definition) is 1. The molecule has 0 saturated carbocycles. The van der Waals surface area contributed by atoms with Crippen molar-refractivity contribution in [3.05, 3.63) is 59.2 Å². The molecule has 0 atom stereocenters. The van der Waals surface area contributed by atoms with Crippen LogP contribution < -0.4 is 15.0 Å². The lowest BCUT2D eigenvalue weighted by atomic mass is 10.1. The first kappa shape index (κ1) is 19.7. The SMILES string of the molecule is COc1cccc(N2CCN(C(=O)CNC(=O)c3cc(C)cc(C)c3)CC2)c1. The van der Waals surface area contributed by atoms with Crippen LogP contribution in [0.2, 0.25) is 0 Å². The number of nitrogens with zero attached hydrogens (tertiary/aromatic N) is 2. The van der Waals surface area contributed by atoms with E-state index in [-0.39, 0.29) is 18.4 Å². The molecular weight excluding hydrogens is 354 g/mol. The molecule has 148 valence electrons. The van der Waals surface area contributed by atoms with E-state index in [1.807, 2.05) is 56.3 Å². The van der Waals surface area contributed by atoms with Crippen molar-refractivity contribution < 1.29 is 14.3 Å². The van der Waals surface area contributed by atoms with Gasteiger partial charge >= 0.3 is 0 Å². The highest BCUT2D eigenvalue weighted by molar-refractivity contribution is 5.96. The number of rotatable bonds is 5.